The lowest BCUT2D eigenvalue weighted by molar-refractivity contribution is 0.458. The molecule has 3 nitrogen and oxygen atoms in total. The van der Waals surface area contributed by atoms with Crippen molar-refractivity contribution in [1.29, 1.82) is 5.26 Å². The first-order valence-corrected chi connectivity index (χ1v) is 6.02. The topological polar surface area (TPSA) is 58.9 Å². The molecule has 1 saturated carbocycles. The Morgan fingerprint density at radius 2 is 2.00 bits per heavy atom. The van der Waals surface area contributed by atoms with E-state index in [1.165, 1.54) is 0 Å². The molecule has 1 N–H and O–H groups in total. The Morgan fingerprint density at radius 1 is 1.50 bits per heavy atom. The molecule has 0 spiro atoms. The standard InChI is InChI=1S/C10H18N2OS/c1-9(2,3)14(13)12-8(7-11)10(4)5-6-10/h8,12H,5-6H2,1-4H3. The maximum absolute atomic E-state index is 11.8. The van der Waals surface area contributed by atoms with E-state index in [0.29, 0.717) is 0 Å². The van der Waals surface area contributed by atoms with Gasteiger partial charge in [-0.05, 0) is 33.6 Å². The van der Waals surface area contributed by atoms with Gasteiger partial charge in [-0.3, -0.25) is 0 Å². The Bertz CT molecular complexity index is 250. The lowest BCUT2D eigenvalue weighted by Crippen LogP contribution is -2.47. The average Bonchev–Trinajstić information content (AvgIpc) is 2.78. The minimum atomic E-state index is -1.15. The lowest BCUT2D eigenvalue weighted by atomic mass is 10.0. The van der Waals surface area contributed by atoms with Gasteiger partial charge in [0.05, 0.1) is 6.07 Å². The highest BCUT2D eigenvalue weighted by Crippen LogP contribution is 2.48. The highest BCUT2D eigenvalue weighted by atomic mass is 32.2. The van der Waals surface area contributed by atoms with Crippen LogP contribution in [0.25, 0.3) is 0 Å². The Hall–Kier alpha value is -0.240. The molecule has 0 aliphatic heterocycles. The number of nitrogens with one attached hydrogen (secondary N) is 1. The van der Waals surface area contributed by atoms with E-state index in [0.717, 1.165) is 12.8 Å². The summed E-state index contributed by atoms with van der Waals surface area (Å²) >= 11 is -1.15. The van der Waals surface area contributed by atoms with Gasteiger partial charge in [0.25, 0.3) is 0 Å². The van der Waals surface area contributed by atoms with Crippen LogP contribution in [-0.2, 0) is 11.4 Å². The van der Waals surface area contributed by atoms with Crippen molar-refractivity contribution in [3.63, 3.8) is 0 Å². The molecule has 0 aromatic carbocycles. The zero-order valence-electron chi connectivity index (χ0n) is 9.26. The zero-order chi connectivity index (χ0) is 11.0. The summed E-state index contributed by atoms with van der Waals surface area (Å²) in [6.45, 7) is 7.77. The van der Waals surface area contributed by atoms with Crippen molar-refractivity contribution in [2.75, 3.05) is 0 Å². The van der Waals surface area contributed by atoms with Gasteiger partial charge in [0.2, 0.25) is 0 Å². The molecule has 1 aliphatic rings. The van der Waals surface area contributed by atoms with Gasteiger partial charge >= 0.3 is 0 Å². The van der Waals surface area contributed by atoms with Crippen LogP contribution in [0.4, 0.5) is 0 Å². The van der Waals surface area contributed by atoms with Crippen molar-refractivity contribution in [2.45, 2.75) is 51.3 Å². The van der Waals surface area contributed by atoms with E-state index in [9.17, 15) is 4.55 Å². The molecule has 0 saturated heterocycles. The van der Waals surface area contributed by atoms with Gasteiger partial charge in [-0.25, -0.2) is 0 Å². The summed E-state index contributed by atoms with van der Waals surface area (Å²) in [4.78, 5) is 0. The molecular formula is C10H18N2OS. The molecule has 0 heterocycles. The van der Waals surface area contributed by atoms with Crippen molar-refractivity contribution >= 4 is 11.4 Å². The second-order valence-electron chi connectivity index (χ2n) is 5.22. The molecule has 80 valence electrons. The molecule has 2 unspecified atom stereocenters. The Morgan fingerprint density at radius 3 is 2.29 bits per heavy atom. The molecule has 2 atom stereocenters. The summed E-state index contributed by atoms with van der Waals surface area (Å²) in [6, 6.07) is 1.93. The van der Waals surface area contributed by atoms with E-state index in [-0.39, 0.29) is 16.2 Å². The zero-order valence-corrected chi connectivity index (χ0v) is 10.1. The molecule has 14 heavy (non-hydrogen) atoms. The maximum Gasteiger partial charge on any atom is 0.144 e. The smallest absolute Gasteiger partial charge is 0.144 e. The SMILES string of the molecule is CC1(C(C#N)N[S+]([O-])C(C)(C)C)CC1. The Balaban J connectivity index is 2.55. The number of rotatable bonds is 3. The van der Waals surface area contributed by atoms with Crippen LogP contribution >= 0.6 is 0 Å². The van der Waals surface area contributed by atoms with E-state index in [4.69, 9.17) is 5.26 Å². The van der Waals surface area contributed by atoms with E-state index < -0.39 is 11.4 Å². The van der Waals surface area contributed by atoms with Crippen molar-refractivity contribution < 1.29 is 4.55 Å². The summed E-state index contributed by atoms with van der Waals surface area (Å²) in [5.74, 6) is 0. The fourth-order valence-electron chi connectivity index (χ4n) is 1.09. The summed E-state index contributed by atoms with van der Waals surface area (Å²) in [5.41, 5.74) is 0.0513. The lowest BCUT2D eigenvalue weighted by Gasteiger charge is -2.27. The van der Waals surface area contributed by atoms with Crippen LogP contribution in [0, 0.1) is 16.7 Å². The summed E-state index contributed by atoms with van der Waals surface area (Å²) in [5, 5.41) is 8.97. The molecule has 0 amide bonds. The fraction of sp³-hybridized carbons (Fsp3) is 0.900. The predicted octanol–water partition coefficient (Wildman–Crippen LogP) is 1.73. The van der Waals surface area contributed by atoms with Crippen molar-refractivity contribution in [2.24, 2.45) is 5.41 Å². The van der Waals surface area contributed by atoms with Crippen LogP contribution in [0.2, 0.25) is 0 Å². The second kappa shape index (κ2) is 3.73. The third kappa shape index (κ3) is 2.63. The molecule has 4 heteroatoms. The largest absolute Gasteiger partial charge is 0.598 e. The monoisotopic (exact) mass is 214 g/mol. The van der Waals surface area contributed by atoms with E-state index in [1.807, 2.05) is 20.8 Å². The number of nitrogens with zero attached hydrogens (tertiary/aromatic N) is 1. The first-order valence-electron chi connectivity index (χ1n) is 4.87. The van der Waals surface area contributed by atoms with Gasteiger partial charge in [0.1, 0.15) is 10.8 Å². The van der Waals surface area contributed by atoms with Gasteiger partial charge in [0.15, 0.2) is 0 Å². The van der Waals surface area contributed by atoms with Gasteiger partial charge in [-0.1, -0.05) is 6.92 Å². The quantitative estimate of drug-likeness (QED) is 0.728. The van der Waals surface area contributed by atoms with Crippen molar-refractivity contribution in [3.05, 3.63) is 0 Å². The van der Waals surface area contributed by atoms with Crippen LogP contribution in [0.3, 0.4) is 0 Å². The van der Waals surface area contributed by atoms with Crippen LogP contribution in [0.15, 0.2) is 0 Å². The summed E-state index contributed by atoms with van der Waals surface area (Å²) < 4.78 is 14.4. The van der Waals surface area contributed by atoms with Crippen molar-refractivity contribution in [1.82, 2.24) is 4.72 Å². The Kier molecular flexibility index (Phi) is 3.15. The van der Waals surface area contributed by atoms with Crippen molar-refractivity contribution in [3.8, 4) is 6.07 Å². The third-order valence-electron chi connectivity index (χ3n) is 2.65. The average molecular weight is 214 g/mol. The van der Waals surface area contributed by atoms with E-state index in [2.05, 4.69) is 17.7 Å². The number of hydrogen-bond donors (Lipinski definition) is 1. The van der Waals surface area contributed by atoms with E-state index in [1.54, 1.807) is 0 Å². The molecule has 1 aliphatic carbocycles. The third-order valence-corrected chi connectivity index (χ3v) is 4.21. The highest BCUT2D eigenvalue weighted by molar-refractivity contribution is 7.90. The van der Waals surface area contributed by atoms with Gasteiger partial charge in [-0.2, -0.15) is 5.26 Å². The normalized spacial score (nSPS) is 23.7. The van der Waals surface area contributed by atoms with E-state index >= 15 is 0 Å². The highest BCUT2D eigenvalue weighted by Gasteiger charge is 2.48. The molecule has 1 fully saturated rings. The predicted molar refractivity (Wildman–Crippen MR) is 57.8 cm³/mol. The summed E-state index contributed by atoms with van der Waals surface area (Å²) in [7, 11) is 0. The molecule has 0 aromatic rings. The fourth-order valence-corrected chi connectivity index (χ4v) is 2.00. The van der Waals surface area contributed by atoms with Crippen LogP contribution < -0.4 is 4.72 Å². The molecule has 0 radical (unpaired) electrons. The summed E-state index contributed by atoms with van der Waals surface area (Å²) in [6.07, 6.45) is 2.11. The van der Waals surface area contributed by atoms with Crippen LogP contribution in [0.1, 0.15) is 40.5 Å². The molecule has 1 rings (SSSR count). The molecular weight excluding hydrogens is 196 g/mol. The number of nitriles is 1. The van der Waals surface area contributed by atoms with Crippen LogP contribution in [0.5, 0.6) is 0 Å². The first-order chi connectivity index (χ1) is 6.29. The maximum atomic E-state index is 11.8. The molecule has 0 aromatic heterocycles. The minimum absolute atomic E-state index is 0.0513. The first kappa shape index (κ1) is 11.8. The van der Waals surface area contributed by atoms with Crippen LogP contribution in [-0.4, -0.2) is 15.3 Å². The Labute approximate surface area is 89.2 Å². The van der Waals surface area contributed by atoms with Gasteiger partial charge < -0.3 is 4.55 Å². The van der Waals surface area contributed by atoms with Gasteiger partial charge in [0, 0.05) is 16.8 Å². The molecule has 0 bridgehead atoms. The number of hydrogen-bond acceptors (Lipinski definition) is 3. The second-order valence-corrected chi connectivity index (χ2v) is 7.21. The van der Waals surface area contributed by atoms with Gasteiger partial charge in [-0.15, -0.1) is 4.72 Å². The minimum Gasteiger partial charge on any atom is -0.598 e.